The van der Waals surface area contributed by atoms with Crippen LogP contribution in [-0.4, -0.2) is 37.6 Å². The predicted molar refractivity (Wildman–Crippen MR) is 93.6 cm³/mol. The van der Waals surface area contributed by atoms with Crippen molar-refractivity contribution >= 4 is 5.91 Å². The van der Waals surface area contributed by atoms with Crippen molar-refractivity contribution in [2.75, 3.05) is 26.7 Å². The average Bonchev–Trinajstić information content (AvgIpc) is 2.52. The highest BCUT2D eigenvalue weighted by molar-refractivity contribution is 5.78. The molecule has 1 N–H and O–H groups in total. The summed E-state index contributed by atoms with van der Waals surface area (Å²) in [5, 5.41) is 3.21. The minimum Gasteiger partial charge on any atom is -0.497 e. The third-order valence-electron chi connectivity index (χ3n) is 4.57. The van der Waals surface area contributed by atoms with Crippen molar-refractivity contribution in [1.82, 2.24) is 10.2 Å². The van der Waals surface area contributed by atoms with Crippen LogP contribution in [0.1, 0.15) is 45.2 Å². The van der Waals surface area contributed by atoms with Gasteiger partial charge in [-0.05, 0) is 48.9 Å². The van der Waals surface area contributed by atoms with E-state index in [0.717, 1.165) is 24.4 Å². The first-order valence-electron chi connectivity index (χ1n) is 8.65. The molecule has 1 heterocycles. The van der Waals surface area contributed by atoms with Crippen molar-refractivity contribution in [3.63, 3.8) is 0 Å². The second kappa shape index (κ2) is 8.34. The summed E-state index contributed by atoms with van der Waals surface area (Å²) in [6.07, 6.45) is 2.47. The molecule has 0 radical (unpaired) electrons. The molecule has 1 aromatic carbocycles. The normalized spacial score (nSPS) is 20.3. The summed E-state index contributed by atoms with van der Waals surface area (Å²) >= 11 is 0. The number of piperidine rings is 1. The molecule has 23 heavy (non-hydrogen) atoms. The van der Waals surface area contributed by atoms with E-state index in [-0.39, 0.29) is 11.9 Å². The van der Waals surface area contributed by atoms with E-state index in [0.29, 0.717) is 18.4 Å². The number of nitrogens with one attached hydrogen (secondary N) is 1. The van der Waals surface area contributed by atoms with Gasteiger partial charge < -0.3 is 10.1 Å². The van der Waals surface area contributed by atoms with Crippen LogP contribution in [0.25, 0.3) is 0 Å². The number of rotatable bonds is 6. The van der Waals surface area contributed by atoms with E-state index in [1.54, 1.807) is 7.11 Å². The van der Waals surface area contributed by atoms with E-state index < -0.39 is 0 Å². The Morgan fingerprint density at radius 3 is 2.61 bits per heavy atom. The van der Waals surface area contributed by atoms with Crippen LogP contribution in [0.4, 0.5) is 0 Å². The van der Waals surface area contributed by atoms with Crippen LogP contribution in [0.2, 0.25) is 0 Å². The lowest BCUT2D eigenvalue weighted by Crippen LogP contribution is -2.43. The Hall–Kier alpha value is -1.55. The van der Waals surface area contributed by atoms with Crippen molar-refractivity contribution in [3.8, 4) is 5.75 Å². The maximum atomic E-state index is 12.5. The van der Waals surface area contributed by atoms with Gasteiger partial charge in [0.2, 0.25) is 5.91 Å². The van der Waals surface area contributed by atoms with E-state index in [4.69, 9.17) is 4.74 Å². The molecular formula is C19H30N2O2. The van der Waals surface area contributed by atoms with Gasteiger partial charge in [0, 0.05) is 6.54 Å². The third kappa shape index (κ3) is 5.24. The number of benzene rings is 1. The van der Waals surface area contributed by atoms with Crippen LogP contribution in [0.5, 0.6) is 5.75 Å². The van der Waals surface area contributed by atoms with Crippen molar-refractivity contribution < 1.29 is 9.53 Å². The van der Waals surface area contributed by atoms with Crippen LogP contribution in [0.3, 0.4) is 0 Å². The number of hydrogen-bond donors (Lipinski definition) is 1. The Bertz CT molecular complexity index is 499. The molecule has 1 aromatic rings. The van der Waals surface area contributed by atoms with Gasteiger partial charge in [0.25, 0.3) is 0 Å². The maximum absolute atomic E-state index is 12.5. The fourth-order valence-electron chi connectivity index (χ4n) is 3.30. The molecule has 0 aromatic heterocycles. The zero-order valence-corrected chi connectivity index (χ0v) is 14.8. The highest BCUT2D eigenvalue weighted by Gasteiger charge is 2.22. The standard InChI is InChI=1S/C19H30N2O2/c1-14(2)19(16-7-9-17(23-4)10-8-16)20-18(22)13-21-11-5-6-15(3)12-21/h7-10,14-15,19H,5-6,11-13H2,1-4H3,(H,20,22)/t15-,19+/m0/s1. The number of likely N-dealkylation sites (tertiary alicyclic amines) is 1. The molecule has 1 fully saturated rings. The third-order valence-corrected chi connectivity index (χ3v) is 4.57. The smallest absolute Gasteiger partial charge is 0.234 e. The van der Waals surface area contributed by atoms with Crippen LogP contribution < -0.4 is 10.1 Å². The number of carbonyl (C=O) groups excluding carboxylic acids is 1. The Morgan fingerprint density at radius 1 is 1.35 bits per heavy atom. The number of hydrogen-bond acceptors (Lipinski definition) is 3. The lowest BCUT2D eigenvalue weighted by molar-refractivity contribution is -0.123. The second-order valence-corrected chi connectivity index (χ2v) is 7.04. The van der Waals surface area contributed by atoms with Crippen molar-refractivity contribution in [1.29, 1.82) is 0 Å². The molecule has 2 rings (SSSR count). The minimum atomic E-state index is 0.0376. The highest BCUT2D eigenvalue weighted by Crippen LogP contribution is 2.24. The number of carbonyl (C=O) groups is 1. The van der Waals surface area contributed by atoms with E-state index in [2.05, 4.69) is 31.0 Å². The monoisotopic (exact) mass is 318 g/mol. The second-order valence-electron chi connectivity index (χ2n) is 7.04. The summed E-state index contributed by atoms with van der Waals surface area (Å²) in [6.45, 7) is 9.10. The Balaban J connectivity index is 1.96. The van der Waals surface area contributed by atoms with E-state index in [1.165, 1.54) is 12.8 Å². The first kappa shape index (κ1) is 17.8. The van der Waals surface area contributed by atoms with Gasteiger partial charge >= 0.3 is 0 Å². The lowest BCUT2D eigenvalue weighted by Gasteiger charge is -2.31. The maximum Gasteiger partial charge on any atom is 0.234 e. The van der Waals surface area contributed by atoms with Crippen LogP contribution in [0.15, 0.2) is 24.3 Å². The van der Waals surface area contributed by atoms with Gasteiger partial charge in [-0.3, -0.25) is 9.69 Å². The quantitative estimate of drug-likeness (QED) is 0.875. The van der Waals surface area contributed by atoms with Gasteiger partial charge in [-0.15, -0.1) is 0 Å². The summed E-state index contributed by atoms with van der Waals surface area (Å²) < 4.78 is 5.21. The van der Waals surface area contributed by atoms with Gasteiger partial charge in [-0.25, -0.2) is 0 Å². The summed E-state index contributed by atoms with van der Waals surface area (Å²) in [7, 11) is 1.66. The molecule has 1 saturated heterocycles. The molecule has 1 aliphatic rings. The van der Waals surface area contributed by atoms with Gasteiger partial charge in [-0.1, -0.05) is 32.9 Å². The summed E-state index contributed by atoms with van der Waals surface area (Å²) in [6, 6.07) is 8.00. The Morgan fingerprint density at radius 2 is 2.04 bits per heavy atom. The fraction of sp³-hybridized carbons (Fsp3) is 0.632. The van der Waals surface area contributed by atoms with Crippen molar-refractivity contribution in [3.05, 3.63) is 29.8 Å². The van der Waals surface area contributed by atoms with Crippen LogP contribution in [-0.2, 0) is 4.79 Å². The Kier molecular flexibility index (Phi) is 6.46. The fourth-order valence-corrected chi connectivity index (χ4v) is 3.30. The molecule has 0 aliphatic carbocycles. The van der Waals surface area contributed by atoms with Crippen molar-refractivity contribution in [2.24, 2.45) is 11.8 Å². The molecule has 0 bridgehead atoms. The molecule has 0 spiro atoms. The first-order chi connectivity index (χ1) is 11.0. The Labute approximate surface area is 140 Å². The van der Waals surface area contributed by atoms with E-state index in [9.17, 15) is 4.79 Å². The molecule has 0 saturated carbocycles. The molecule has 128 valence electrons. The number of ether oxygens (including phenoxy) is 1. The molecule has 4 nitrogen and oxygen atoms in total. The molecule has 0 unspecified atom stereocenters. The zero-order chi connectivity index (χ0) is 16.8. The van der Waals surface area contributed by atoms with Crippen molar-refractivity contribution in [2.45, 2.75) is 39.7 Å². The topological polar surface area (TPSA) is 41.6 Å². The molecule has 2 atom stereocenters. The molecule has 1 amide bonds. The van der Waals surface area contributed by atoms with Gasteiger partial charge in [0.15, 0.2) is 0 Å². The molecule has 4 heteroatoms. The zero-order valence-electron chi connectivity index (χ0n) is 14.8. The average molecular weight is 318 g/mol. The van der Waals surface area contributed by atoms with Gasteiger partial charge in [0.1, 0.15) is 5.75 Å². The largest absolute Gasteiger partial charge is 0.497 e. The van der Waals surface area contributed by atoms with Gasteiger partial charge in [0.05, 0.1) is 19.7 Å². The van der Waals surface area contributed by atoms with E-state index in [1.807, 2.05) is 24.3 Å². The predicted octanol–water partition coefficient (Wildman–Crippen LogP) is 3.24. The molecular weight excluding hydrogens is 288 g/mol. The summed E-state index contributed by atoms with van der Waals surface area (Å²) in [5.41, 5.74) is 1.13. The SMILES string of the molecule is COc1ccc([C@H](NC(=O)CN2CCC[C@H](C)C2)C(C)C)cc1. The van der Waals surface area contributed by atoms with Crippen LogP contribution in [0, 0.1) is 11.8 Å². The molecule has 1 aliphatic heterocycles. The summed E-state index contributed by atoms with van der Waals surface area (Å²) in [5.74, 6) is 1.99. The minimum absolute atomic E-state index is 0.0376. The number of methoxy groups -OCH3 is 1. The van der Waals surface area contributed by atoms with E-state index >= 15 is 0 Å². The number of nitrogens with zero attached hydrogens (tertiary/aromatic N) is 1. The summed E-state index contributed by atoms with van der Waals surface area (Å²) in [4.78, 5) is 14.7. The lowest BCUT2D eigenvalue weighted by atomic mass is 9.95. The first-order valence-corrected chi connectivity index (χ1v) is 8.65. The van der Waals surface area contributed by atoms with Gasteiger partial charge in [-0.2, -0.15) is 0 Å². The highest BCUT2D eigenvalue weighted by atomic mass is 16.5. The van der Waals surface area contributed by atoms with Crippen LogP contribution >= 0.6 is 0 Å². The number of amides is 1.